The van der Waals surface area contributed by atoms with Crippen molar-refractivity contribution in [2.75, 3.05) is 13.7 Å². The van der Waals surface area contributed by atoms with Crippen LogP contribution in [0.4, 0.5) is 0 Å². The minimum absolute atomic E-state index is 0.0326. The molecule has 1 fully saturated rings. The summed E-state index contributed by atoms with van der Waals surface area (Å²) in [6, 6.07) is 20.2. The van der Waals surface area contributed by atoms with Gasteiger partial charge in [0, 0.05) is 12.1 Å². The van der Waals surface area contributed by atoms with Crippen LogP contribution < -0.4 is 15.8 Å². The van der Waals surface area contributed by atoms with Crippen molar-refractivity contribution in [1.29, 1.82) is 0 Å². The first kappa shape index (κ1) is 24.0. The summed E-state index contributed by atoms with van der Waals surface area (Å²) in [6.07, 6.45) is 6.32. The Bertz CT molecular complexity index is 1310. The molecule has 0 aliphatic heterocycles. The highest BCUT2D eigenvalue weighted by atomic mass is 16.5. The number of methoxy groups -OCH3 is 1. The average molecular weight is 484 g/mol. The van der Waals surface area contributed by atoms with Crippen molar-refractivity contribution in [2.24, 2.45) is 17.6 Å². The van der Waals surface area contributed by atoms with Crippen molar-refractivity contribution in [2.45, 2.75) is 38.1 Å². The lowest BCUT2D eigenvalue weighted by Gasteiger charge is -2.28. The number of nitrogens with zero attached hydrogens (tertiary/aromatic N) is 2. The van der Waals surface area contributed by atoms with Crippen LogP contribution in [0.25, 0.3) is 22.0 Å². The Morgan fingerprint density at radius 1 is 1.08 bits per heavy atom. The molecule has 0 radical (unpaired) electrons. The van der Waals surface area contributed by atoms with Crippen LogP contribution in [0.1, 0.15) is 43.0 Å². The second kappa shape index (κ2) is 10.9. The lowest BCUT2D eigenvalue weighted by atomic mass is 9.81. The van der Waals surface area contributed by atoms with E-state index in [1.54, 1.807) is 7.11 Å². The second-order valence-electron chi connectivity index (χ2n) is 9.67. The largest absolute Gasteiger partial charge is 0.480 e. The van der Waals surface area contributed by atoms with Crippen LogP contribution in [0.2, 0.25) is 0 Å². The molecule has 36 heavy (non-hydrogen) atoms. The van der Waals surface area contributed by atoms with E-state index in [-0.39, 0.29) is 17.9 Å². The maximum Gasteiger partial charge on any atom is 0.240 e. The van der Waals surface area contributed by atoms with Gasteiger partial charge in [0.2, 0.25) is 11.8 Å². The Balaban J connectivity index is 1.42. The van der Waals surface area contributed by atoms with Crippen LogP contribution in [-0.2, 0) is 11.2 Å². The summed E-state index contributed by atoms with van der Waals surface area (Å²) in [5.41, 5.74) is 10.8. The van der Waals surface area contributed by atoms with E-state index in [0.29, 0.717) is 24.8 Å². The molecule has 4 N–H and O–H groups in total. The number of carbonyl (C=O) groups is 1. The fraction of sp³-hybridized carbons (Fsp3) is 0.345. The molecule has 0 saturated heterocycles. The molecule has 7 nitrogen and oxygen atoms in total. The Labute approximate surface area is 211 Å². The second-order valence-corrected chi connectivity index (χ2v) is 9.67. The smallest absolute Gasteiger partial charge is 0.240 e. The van der Waals surface area contributed by atoms with E-state index in [1.807, 2.05) is 36.5 Å². The van der Waals surface area contributed by atoms with Gasteiger partial charge >= 0.3 is 0 Å². The molecule has 1 aliphatic carbocycles. The summed E-state index contributed by atoms with van der Waals surface area (Å²) in [4.78, 5) is 18.0. The van der Waals surface area contributed by atoms with Crippen LogP contribution in [0, 0.1) is 11.8 Å². The van der Waals surface area contributed by atoms with Gasteiger partial charge in [0.05, 0.1) is 29.7 Å². The highest BCUT2D eigenvalue weighted by Gasteiger charge is 2.28. The summed E-state index contributed by atoms with van der Waals surface area (Å²) in [5.74, 6) is 1.26. The van der Waals surface area contributed by atoms with Crippen LogP contribution in [0.3, 0.4) is 0 Å². The fourth-order valence-corrected chi connectivity index (χ4v) is 5.17. The van der Waals surface area contributed by atoms with Gasteiger partial charge in [-0.05, 0) is 85.5 Å². The number of aromatic nitrogens is 3. The van der Waals surface area contributed by atoms with E-state index in [9.17, 15) is 4.79 Å². The predicted octanol–water partition coefficient (Wildman–Crippen LogP) is 4.80. The van der Waals surface area contributed by atoms with E-state index in [2.05, 4.69) is 45.8 Å². The van der Waals surface area contributed by atoms with Crippen LogP contribution in [0.5, 0.6) is 5.88 Å². The molecule has 0 bridgehead atoms. The van der Waals surface area contributed by atoms with Gasteiger partial charge < -0.3 is 15.8 Å². The lowest BCUT2D eigenvalue weighted by molar-refractivity contribution is -0.127. The lowest BCUT2D eigenvalue weighted by Crippen LogP contribution is -2.37. The molecule has 1 saturated carbocycles. The number of hydrogen-bond donors (Lipinski definition) is 3. The first-order valence-electron chi connectivity index (χ1n) is 12.7. The summed E-state index contributed by atoms with van der Waals surface area (Å²) < 4.78 is 5.39. The minimum atomic E-state index is -0.223. The first-order valence-corrected chi connectivity index (χ1v) is 12.7. The van der Waals surface area contributed by atoms with Crippen molar-refractivity contribution in [3.63, 3.8) is 0 Å². The number of pyridine rings is 1. The van der Waals surface area contributed by atoms with Crippen LogP contribution in [0.15, 0.2) is 66.9 Å². The Kier molecular flexibility index (Phi) is 7.28. The molecule has 1 aliphatic rings. The molecule has 2 aromatic carbocycles. The molecular weight excluding hydrogens is 450 g/mol. The number of amides is 1. The highest BCUT2D eigenvalue weighted by Crippen LogP contribution is 2.31. The third-order valence-electron chi connectivity index (χ3n) is 7.34. The number of nitrogens with one attached hydrogen (secondary N) is 2. The van der Waals surface area contributed by atoms with Crippen LogP contribution in [-0.4, -0.2) is 34.7 Å². The van der Waals surface area contributed by atoms with Gasteiger partial charge in [0.25, 0.3) is 0 Å². The number of rotatable bonds is 8. The molecule has 186 valence electrons. The highest BCUT2D eigenvalue weighted by molar-refractivity contribution is 5.88. The number of benzene rings is 2. The zero-order chi connectivity index (χ0) is 24.9. The van der Waals surface area contributed by atoms with Crippen molar-refractivity contribution in [3.8, 4) is 17.0 Å². The predicted molar refractivity (Wildman–Crippen MR) is 141 cm³/mol. The average Bonchev–Trinajstić information content (AvgIpc) is 3.36. The third kappa shape index (κ3) is 5.26. The van der Waals surface area contributed by atoms with Gasteiger partial charge in [-0.25, -0.2) is 0 Å². The van der Waals surface area contributed by atoms with Gasteiger partial charge in [-0.2, -0.15) is 0 Å². The summed E-state index contributed by atoms with van der Waals surface area (Å²) in [7, 11) is 1.62. The molecule has 4 aromatic rings. The molecule has 1 unspecified atom stereocenters. The van der Waals surface area contributed by atoms with Crippen molar-refractivity contribution in [1.82, 2.24) is 20.5 Å². The summed E-state index contributed by atoms with van der Waals surface area (Å²) in [6.45, 7) is 0.707. The van der Waals surface area contributed by atoms with Gasteiger partial charge in [-0.1, -0.05) is 36.4 Å². The molecule has 0 spiro atoms. The Hall–Kier alpha value is -3.71. The van der Waals surface area contributed by atoms with Gasteiger partial charge in [0.1, 0.15) is 0 Å². The monoisotopic (exact) mass is 483 g/mol. The van der Waals surface area contributed by atoms with Crippen LogP contribution >= 0.6 is 0 Å². The number of fused-ring (bicyclic) bond motifs is 1. The molecule has 1 amide bonds. The standard InChI is InChI=1S/C29H33N5O2/c1-36-29-24-16-22(11-12-25(24)33-34-29)23-13-14-31-26(17-23)27(15-19-5-3-2-4-6-19)32-28(35)21-9-7-20(18-30)8-10-21/h2-6,11-14,16-17,20-21,27H,7-10,15,18,30H2,1H3,(H,32,35)(H,33,34). The normalized spacial score (nSPS) is 18.6. The zero-order valence-corrected chi connectivity index (χ0v) is 20.6. The van der Waals surface area contributed by atoms with Gasteiger partial charge in [-0.15, -0.1) is 5.10 Å². The van der Waals surface area contributed by atoms with E-state index in [0.717, 1.165) is 59.0 Å². The topological polar surface area (TPSA) is 106 Å². The molecular formula is C29H33N5O2. The number of nitrogens with two attached hydrogens (primary N) is 1. The zero-order valence-electron chi connectivity index (χ0n) is 20.6. The minimum Gasteiger partial charge on any atom is -0.480 e. The first-order chi connectivity index (χ1) is 17.6. The van der Waals surface area contributed by atoms with E-state index < -0.39 is 0 Å². The number of aromatic amines is 1. The molecule has 1 atom stereocenters. The van der Waals surface area contributed by atoms with E-state index in [4.69, 9.17) is 15.5 Å². The fourth-order valence-electron chi connectivity index (χ4n) is 5.17. The SMILES string of the molecule is COc1n[nH]c2ccc(-c3ccnc(C(Cc4ccccc4)NC(=O)C4CCC(CN)CC4)c3)cc12. The summed E-state index contributed by atoms with van der Waals surface area (Å²) in [5, 5.41) is 11.5. The maximum absolute atomic E-state index is 13.3. The van der Waals surface area contributed by atoms with E-state index >= 15 is 0 Å². The third-order valence-corrected chi connectivity index (χ3v) is 7.34. The van der Waals surface area contributed by atoms with Crippen molar-refractivity contribution in [3.05, 3.63) is 78.1 Å². The summed E-state index contributed by atoms with van der Waals surface area (Å²) >= 11 is 0. The van der Waals surface area contributed by atoms with Gasteiger partial charge in [0.15, 0.2) is 0 Å². The number of carbonyl (C=O) groups excluding carboxylic acids is 1. The number of ether oxygens (including phenoxy) is 1. The Morgan fingerprint density at radius 2 is 1.86 bits per heavy atom. The number of hydrogen-bond acceptors (Lipinski definition) is 5. The maximum atomic E-state index is 13.3. The van der Waals surface area contributed by atoms with E-state index in [1.165, 1.54) is 0 Å². The van der Waals surface area contributed by atoms with Crippen molar-refractivity contribution < 1.29 is 9.53 Å². The quantitative estimate of drug-likeness (QED) is 0.334. The Morgan fingerprint density at radius 3 is 2.61 bits per heavy atom. The van der Waals surface area contributed by atoms with Crippen molar-refractivity contribution >= 4 is 16.8 Å². The molecule has 2 aromatic heterocycles. The molecule has 7 heteroatoms. The van der Waals surface area contributed by atoms with Gasteiger partial charge in [-0.3, -0.25) is 14.9 Å². The number of H-pyrrole nitrogens is 1. The molecule has 5 rings (SSSR count). The molecule has 2 heterocycles.